The number of nitrogens with zero attached hydrogens (tertiary/aromatic N) is 4. The van der Waals surface area contributed by atoms with Gasteiger partial charge in [0.05, 0.1) is 45.1 Å². The summed E-state index contributed by atoms with van der Waals surface area (Å²) in [7, 11) is 0. The van der Waals surface area contributed by atoms with E-state index in [1.165, 1.54) is 32.6 Å². The van der Waals surface area contributed by atoms with E-state index in [1.54, 1.807) is 0 Å². The number of pyridine rings is 1. The molecule has 0 amide bonds. The minimum atomic E-state index is 0.636. The maximum Gasteiger partial charge on any atom is 0.0991 e. The zero-order valence-electron chi connectivity index (χ0n) is 28.1. The number of nitriles is 1. The average molecular weight is 663 g/mol. The molecule has 3 aromatic heterocycles. The predicted molar refractivity (Wildman–Crippen MR) is 214 cm³/mol. The van der Waals surface area contributed by atoms with Gasteiger partial charge in [0.15, 0.2) is 0 Å². The fourth-order valence-electron chi connectivity index (χ4n) is 7.73. The second kappa shape index (κ2) is 12.0. The number of rotatable bonds is 5. The second-order valence-corrected chi connectivity index (χ2v) is 13.2. The highest BCUT2D eigenvalue weighted by Gasteiger charge is 2.18. The molecule has 10 rings (SSSR count). The Morgan fingerprint density at radius 3 is 1.54 bits per heavy atom. The molecule has 0 aliphatic heterocycles. The molecule has 242 valence electrons. The Hall–Kier alpha value is -7.22. The van der Waals surface area contributed by atoms with E-state index < -0.39 is 0 Å². The molecule has 0 aliphatic carbocycles. The lowest BCUT2D eigenvalue weighted by atomic mass is 9.99. The van der Waals surface area contributed by atoms with Gasteiger partial charge in [-0.3, -0.25) is 0 Å². The molecule has 0 saturated heterocycles. The van der Waals surface area contributed by atoms with Crippen molar-refractivity contribution in [3.05, 3.63) is 188 Å². The summed E-state index contributed by atoms with van der Waals surface area (Å²) in [5.74, 6) is 0. The van der Waals surface area contributed by atoms with E-state index in [0.717, 1.165) is 56.0 Å². The van der Waals surface area contributed by atoms with Gasteiger partial charge in [0.1, 0.15) is 0 Å². The molecule has 0 unspecified atom stereocenters. The number of fused-ring (bicyclic) bond motifs is 6. The Labute approximate surface area is 300 Å². The third-order valence-corrected chi connectivity index (χ3v) is 10.1. The van der Waals surface area contributed by atoms with Crippen LogP contribution in [0.5, 0.6) is 0 Å². The molecule has 52 heavy (non-hydrogen) atoms. The lowest BCUT2D eigenvalue weighted by molar-refractivity contribution is 1.15. The van der Waals surface area contributed by atoms with Gasteiger partial charge in [0.25, 0.3) is 0 Å². The van der Waals surface area contributed by atoms with Crippen molar-refractivity contribution in [3.63, 3.8) is 0 Å². The summed E-state index contributed by atoms with van der Waals surface area (Å²) in [6.45, 7) is 0. The zero-order valence-corrected chi connectivity index (χ0v) is 28.1. The number of para-hydroxylation sites is 3. The van der Waals surface area contributed by atoms with E-state index in [4.69, 9.17) is 4.98 Å². The van der Waals surface area contributed by atoms with Crippen molar-refractivity contribution in [1.82, 2.24) is 14.1 Å². The SMILES string of the molecule is N#Cc1ccc(-c2cc(-c3cccc(-c4ccccc4)n3)cc(-n3c4ccccc4c4ccc(-n5c6ccccc6c6ccccc65)cc43)c2)cc1. The van der Waals surface area contributed by atoms with Gasteiger partial charge in [-0.25, -0.2) is 4.98 Å². The second-order valence-electron chi connectivity index (χ2n) is 13.2. The van der Waals surface area contributed by atoms with E-state index in [9.17, 15) is 5.26 Å². The molecule has 4 heteroatoms. The van der Waals surface area contributed by atoms with Crippen molar-refractivity contribution in [3.8, 4) is 51.1 Å². The van der Waals surface area contributed by atoms with Crippen molar-refractivity contribution in [2.75, 3.05) is 0 Å². The van der Waals surface area contributed by atoms with Crippen LogP contribution in [0.4, 0.5) is 0 Å². The van der Waals surface area contributed by atoms with Crippen molar-refractivity contribution >= 4 is 43.6 Å². The zero-order chi connectivity index (χ0) is 34.6. The summed E-state index contributed by atoms with van der Waals surface area (Å²) in [4.78, 5) is 5.17. The quantitative estimate of drug-likeness (QED) is 0.184. The molecule has 0 bridgehead atoms. The van der Waals surface area contributed by atoms with E-state index in [0.29, 0.717) is 5.56 Å². The van der Waals surface area contributed by atoms with Crippen molar-refractivity contribution < 1.29 is 0 Å². The highest BCUT2D eigenvalue weighted by molar-refractivity contribution is 6.12. The van der Waals surface area contributed by atoms with Crippen LogP contribution in [0.3, 0.4) is 0 Å². The van der Waals surface area contributed by atoms with Gasteiger partial charge in [-0.05, 0) is 83.9 Å². The highest BCUT2D eigenvalue weighted by Crippen LogP contribution is 2.39. The Morgan fingerprint density at radius 2 is 0.904 bits per heavy atom. The van der Waals surface area contributed by atoms with Crippen molar-refractivity contribution in [1.29, 1.82) is 5.26 Å². The van der Waals surface area contributed by atoms with Gasteiger partial charge in [-0.15, -0.1) is 0 Å². The van der Waals surface area contributed by atoms with Crippen molar-refractivity contribution in [2.45, 2.75) is 0 Å². The van der Waals surface area contributed by atoms with Gasteiger partial charge in [0, 0.05) is 44.0 Å². The van der Waals surface area contributed by atoms with Gasteiger partial charge >= 0.3 is 0 Å². The van der Waals surface area contributed by atoms with E-state index in [1.807, 2.05) is 42.5 Å². The minimum absolute atomic E-state index is 0.636. The molecular formula is C48H30N4. The maximum atomic E-state index is 9.53. The van der Waals surface area contributed by atoms with Crippen LogP contribution in [-0.2, 0) is 0 Å². The molecule has 0 aliphatic rings. The van der Waals surface area contributed by atoms with Crippen LogP contribution in [0.1, 0.15) is 5.56 Å². The monoisotopic (exact) mass is 662 g/mol. The van der Waals surface area contributed by atoms with Crippen molar-refractivity contribution in [2.24, 2.45) is 0 Å². The predicted octanol–water partition coefficient (Wildman–Crippen LogP) is 12.1. The van der Waals surface area contributed by atoms with Crippen LogP contribution < -0.4 is 0 Å². The first kappa shape index (κ1) is 29.7. The molecule has 0 fully saturated rings. The van der Waals surface area contributed by atoms with Crippen LogP contribution in [-0.4, -0.2) is 14.1 Å². The van der Waals surface area contributed by atoms with Crippen LogP contribution in [0.25, 0.3) is 88.6 Å². The first-order valence-electron chi connectivity index (χ1n) is 17.4. The summed E-state index contributed by atoms with van der Waals surface area (Å²) >= 11 is 0. The Bertz CT molecular complexity index is 2960. The summed E-state index contributed by atoms with van der Waals surface area (Å²) < 4.78 is 4.77. The first-order chi connectivity index (χ1) is 25.7. The molecular weight excluding hydrogens is 633 g/mol. The van der Waals surface area contributed by atoms with Crippen LogP contribution in [0, 0.1) is 11.3 Å². The van der Waals surface area contributed by atoms with E-state index >= 15 is 0 Å². The Morgan fingerprint density at radius 1 is 0.365 bits per heavy atom. The molecule has 10 aromatic rings. The average Bonchev–Trinajstić information content (AvgIpc) is 3.74. The van der Waals surface area contributed by atoms with Gasteiger partial charge < -0.3 is 9.13 Å². The molecule has 0 atom stereocenters. The fourth-order valence-corrected chi connectivity index (χ4v) is 7.73. The largest absolute Gasteiger partial charge is 0.309 e. The number of benzene rings is 7. The van der Waals surface area contributed by atoms with E-state index in [2.05, 4.69) is 155 Å². The normalized spacial score (nSPS) is 11.4. The molecule has 0 saturated carbocycles. The van der Waals surface area contributed by atoms with E-state index in [-0.39, 0.29) is 0 Å². The molecule has 7 aromatic carbocycles. The summed E-state index contributed by atoms with van der Waals surface area (Å²) in [5.41, 5.74) is 13.4. The van der Waals surface area contributed by atoms with Gasteiger partial charge in [-0.1, -0.05) is 109 Å². The van der Waals surface area contributed by atoms with Crippen LogP contribution >= 0.6 is 0 Å². The molecule has 0 radical (unpaired) electrons. The summed E-state index contributed by atoms with van der Waals surface area (Å²) in [5, 5.41) is 14.4. The van der Waals surface area contributed by atoms with Crippen LogP contribution in [0.2, 0.25) is 0 Å². The molecule has 3 heterocycles. The van der Waals surface area contributed by atoms with Gasteiger partial charge in [0.2, 0.25) is 0 Å². The standard InChI is InChI=1S/C48H30N4/c49-31-32-21-23-33(24-22-32)35-27-36(44-17-10-16-43(50-44)34-11-2-1-3-12-34)29-38(28-35)52-47-20-9-6-15-41(47)42-26-25-37(30-48(42)52)51-45-18-7-4-13-39(45)40-14-5-8-19-46(40)51/h1-30H. The Balaban J connectivity index is 1.24. The Kier molecular flexibility index (Phi) is 6.84. The lowest BCUT2D eigenvalue weighted by Gasteiger charge is -2.15. The molecule has 4 nitrogen and oxygen atoms in total. The maximum absolute atomic E-state index is 9.53. The highest BCUT2D eigenvalue weighted by atomic mass is 15.0. The molecule has 0 spiro atoms. The molecule has 0 N–H and O–H groups in total. The smallest absolute Gasteiger partial charge is 0.0991 e. The van der Waals surface area contributed by atoms with Crippen LogP contribution in [0.15, 0.2) is 182 Å². The summed E-state index contributed by atoms with van der Waals surface area (Å²) in [6, 6.07) is 66.1. The number of hydrogen-bond donors (Lipinski definition) is 0. The minimum Gasteiger partial charge on any atom is -0.309 e. The fraction of sp³-hybridized carbons (Fsp3) is 0. The first-order valence-corrected chi connectivity index (χ1v) is 17.4. The lowest BCUT2D eigenvalue weighted by Crippen LogP contribution is -1.98. The topological polar surface area (TPSA) is 46.5 Å². The third kappa shape index (κ3) is 4.80. The van der Waals surface area contributed by atoms with Gasteiger partial charge in [-0.2, -0.15) is 5.26 Å². The summed E-state index contributed by atoms with van der Waals surface area (Å²) in [6.07, 6.45) is 0. The number of hydrogen-bond acceptors (Lipinski definition) is 2. The number of aromatic nitrogens is 3. The third-order valence-electron chi connectivity index (χ3n) is 10.1.